The summed E-state index contributed by atoms with van der Waals surface area (Å²) in [7, 11) is 0. The van der Waals surface area contributed by atoms with E-state index in [9.17, 15) is 4.39 Å². The first kappa shape index (κ1) is 13.3. The lowest BCUT2D eigenvalue weighted by atomic mass is 10.1. The first-order valence-corrected chi connectivity index (χ1v) is 7.47. The summed E-state index contributed by atoms with van der Waals surface area (Å²) in [5.74, 6) is 0.398. The van der Waals surface area contributed by atoms with Crippen LogP contribution in [0.3, 0.4) is 0 Å². The smallest absolute Gasteiger partial charge is 0.169 e. The van der Waals surface area contributed by atoms with Gasteiger partial charge in [0.2, 0.25) is 0 Å². The molecule has 0 saturated carbocycles. The molecule has 1 N–H and O–H groups in total. The van der Waals surface area contributed by atoms with E-state index in [1.54, 1.807) is 22.9 Å². The molecule has 0 amide bonds. The number of aromatic nitrogens is 1. The van der Waals surface area contributed by atoms with Crippen LogP contribution in [0.1, 0.15) is 30.0 Å². The molecule has 0 aliphatic heterocycles. The van der Waals surface area contributed by atoms with Gasteiger partial charge in [-0.05, 0) is 25.1 Å². The van der Waals surface area contributed by atoms with Gasteiger partial charge in [0.25, 0.3) is 0 Å². The van der Waals surface area contributed by atoms with Crippen molar-refractivity contribution >= 4 is 22.3 Å². The summed E-state index contributed by atoms with van der Waals surface area (Å²) >= 11 is 1.56. The van der Waals surface area contributed by atoms with Crippen molar-refractivity contribution in [3.05, 3.63) is 52.4 Å². The lowest BCUT2D eigenvalue weighted by molar-refractivity contribution is 0.462. The first-order chi connectivity index (χ1) is 9.79. The number of hydrogen-bond acceptors (Lipinski definition) is 4. The maximum absolute atomic E-state index is 13.7. The molecular formula is C15H15FN2OS. The van der Waals surface area contributed by atoms with Crippen molar-refractivity contribution in [3.8, 4) is 0 Å². The van der Waals surface area contributed by atoms with Crippen LogP contribution in [0.2, 0.25) is 0 Å². The molecule has 0 fully saturated rings. The third-order valence-electron chi connectivity index (χ3n) is 3.13. The molecule has 0 aliphatic carbocycles. The summed E-state index contributed by atoms with van der Waals surface area (Å²) in [6.07, 6.45) is 2.84. The topological polar surface area (TPSA) is 38.1 Å². The van der Waals surface area contributed by atoms with Gasteiger partial charge in [0.05, 0.1) is 5.51 Å². The summed E-state index contributed by atoms with van der Waals surface area (Å²) in [6.45, 7) is 2.97. The van der Waals surface area contributed by atoms with E-state index < -0.39 is 0 Å². The number of nitrogens with zero attached hydrogens (tertiary/aromatic N) is 1. The molecule has 0 spiro atoms. The van der Waals surface area contributed by atoms with Crippen molar-refractivity contribution < 1.29 is 8.81 Å². The Morgan fingerprint density at radius 1 is 1.45 bits per heavy atom. The lowest BCUT2D eigenvalue weighted by Crippen LogP contribution is -2.21. The maximum atomic E-state index is 13.7. The lowest BCUT2D eigenvalue weighted by Gasteiger charge is -2.13. The molecule has 1 aromatic carbocycles. The van der Waals surface area contributed by atoms with E-state index in [0.29, 0.717) is 5.58 Å². The van der Waals surface area contributed by atoms with Crippen LogP contribution in [0.5, 0.6) is 0 Å². The zero-order chi connectivity index (χ0) is 13.9. The normalized spacial score (nSPS) is 12.9. The fourth-order valence-electron chi connectivity index (χ4n) is 2.19. The number of hydrogen-bond donors (Lipinski definition) is 1. The van der Waals surface area contributed by atoms with E-state index in [0.717, 1.165) is 29.0 Å². The maximum Gasteiger partial charge on any atom is 0.169 e. The van der Waals surface area contributed by atoms with Crippen molar-refractivity contribution in [2.24, 2.45) is 0 Å². The van der Waals surface area contributed by atoms with Gasteiger partial charge in [0, 0.05) is 16.5 Å². The summed E-state index contributed by atoms with van der Waals surface area (Å²) < 4.78 is 19.5. The van der Waals surface area contributed by atoms with Gasteiger partial charge in [-0.15, -0.1) is 11.3 Å². The monoisotopic (exact) mass is 290 g/mol. The Hall–Kier alpha value is -1.72. The minimum atomic E-state index is -0.327. The molecule has 5 heteroatoms. The molecule has 1 atom stereocenters. The molecule has 0 radical (unpaired) electrons. The van der Waals surface area contributed by atoms with Crippen LogP contribution in [0.15, 0.2) is 40.4 Å². The third kappa shape index (κ3) is 2.46. The van der Waals surface area contributed by atoms with Crippen molar-refractivity contribution in [3.63, 3.8) is 0 Å². The quantitative estimate of drug-likeness (QED) is 0.768. The predicted octanol–water partition coefficient (Wildman–Crippen LogP) is 4.12. The highest BCUT2D eigenvalue weighted by molar-refractivity contribution is 7.09. The van der Waals surface area contributed by atoms with Gasteiger partial charge in [-0.3, -0.25) is 4.98 Å². The zero-order valence-electron chi connectivity index (χ0n) is 11.1. The SMILES string of the molecule is CCCNC(c1cc2cccc(F)c2o1)c1cncs1. The summed E-state index contributed by atoms with van der Waals surface area (Å²) in [6, 6.07) is 6.78. The fraction of sp³-hybridized carbons (Fsp3) is 0.267. The molecule has 1 unspecified atom stereocenters. The van der Waals surface area contributed by atoms with Crippen LogP contribution in [0.25, 0.3) is 11.0 Å². The largest absolute Gasteiger partial charge is 0.456 e. The zero-order valence-corrected chi connectivity index (χ0v) is 11.9. The van der Waals surface area contributed by atoms with Crippen molar-refractivity contribution in [2.75, 3.05) is 6.54 Å². The van der Waals surface area contributed by atoms with Crippen molar-refractivity contribution in [1.29, 1.82) is 0 Å². The van der Waals surface area contributed by atoms with Gasteiger partial charge in [-0.25, -0.2) is 4.39 Å². The Kier molecular flexibility index (Phi) is 3.80. The van der Waals surface area contributed by atoms with Gasteiger partial charge in [0.1, 0.15) is 11.8 Å². The second-order valence-electron chi connectivity index (χ2n) is 4.60. The van der Waals surface area contributed by atoms with E-state index in [2.05, 4.69) is 17.2 Å². The summed E-state index contributed by atoms with van der Waals surface area (Å²) in [5, 5.41) is 4.21. The Balaban J connectivity index is 2.02. The molecule has 2 aromatic heterocycles. The first-order valence-electron chi connectivity index (χ1n) is 6.59. The van der Waals surface area contributed by atoms with Gasteiger partial charge in [-0.1, -0.05) is 19.1 Å². The van der Waals surface area contributed by atoms with E-state index >= 15 is 0 Å². The fourth-order valence-corrected chi connectivity index (χ4v) is 2.89. The van der Waals surface area contributed by atoms with Crippen LogP contribution >= 0.6 is 11.3 Å². The van der Waals surface area contributed by atoms with Crippen LogP contribution < -0.4 is 5.32 Å². The highest BCUT2D eigenvalue weighted by atomic mass is 32.1. The minimum absolute atomic E-state index is 0.0748. The average Bonchev–Trinajstić information content (AvgIpc) is 3.09. The number of furan rings is 1. The minimum Gasteiger partial charge on any atom is -0.456 e. The van der Waals surface area contributed by atoms with Gasteiger partial charge in [-0.2, -0.15) is 0 Å². The average molecular weight is 290 g/mol. The number of thiazole rings is 1. The Labute approximate surface area is 120 Å². The molecule has 2 heterocycles. The molecule has 20 heavy (non-hydrogen) atoms. The van der Waals surface area contributed by atoms with Crippen molar-refractivity contribution in [2.45, 2.75) is 19.4 Å². The van der Waals surface area contributed by atoms with E-state index in [1.165, 1.54) is 6.07 Å². The molecule has 3 aromatic rings. The standard InChI is InChI=1S/C15H15FN2OS/c1-2-6-18-14(13-8-17-9-20-13)12-7-10-4-3-5-11(16)15(10)19-12/h3-5,7-9,14,18H,2,6H2,1H3. The van der Waals surface area contributed by atoms with E-state index in [1.807, 2.05) is 18.3 Å². The molecular weight excluding hydrogens is 275 g/mol. The molecule has 0 aliphatic rings. The molecule has 104 valence electrons. The Bertz CT molecular complexity index is 693. The summed E-state index contributed by atoms with van der Waals surface area (Å²) in [5.41, 5.74) is 2.11. The van der Waals surface area contributed by atoms with Gasteiger partial charge < -0.3 is 9.73 Å². The van der Waals surface area contributed by atoms with Crippen LogP contribution in [-0.4, -0.2) is 11.5 Å². The highest BCUT2D eigenvalue weighted by Gasteiger charge is 2.20. The second kappa shape index (κ2) is 5.73. The number of benzene rings is 1. The Morgan fingerprint density at radius 2 is 2.35 bits per heavy atom. The van der Waals surface area contributed by atoms with Crippen LogP contribution in [0.4, 0.5) is 4.39 Å². The van der Waals surface area contributed by atoms with Crippen LogP contribution in [-0.2, 0) is 0 Å². The number of nitrogens with one attached hydrogen (secondary N) is 1. The number of halogens is 1. The molecule has 3 rings (SSSR count). The number of para-hydroxylation sites is 1. The molecule has 0 bridgehead atoms. The predicted molar refractivity (Wildman–Crippen MR) is 78.4 cm³/mol. The van der Waals surface area contributed by atoms with Crippen LogP contribution in [0, 0.1) is 5.82 Å². The van der Waals surface area contributed by atoms with E-state index in [-0.39, 0.29) is 11.9 Å². The van der Waals surface area contributed by atoms with Gasteiger partial charge >= 0.3 is 0 Å². The van der Waals surface area contributed by atoms with Crippen molar-refractivity contribution in [1.82, 2.24) is 10.3 Å². The number of fused-ring (bicyclic) bond motifs is 1. The van der Waals surface area contributed by atoms with E-state index in [4.69, 9.17) is 4.42 Å². The summed E-state index contributed by atoms with van der Waals surface area (Å²) in [4.78, 5) is 5.18. The number of rotatable bonds is 5. The second-order valence-corrected chi connectivity index (χ2v) is 5.52. The molecule has 3 nitrogen and oxygen atoms in total. The van der Waals surface area contributed by atoms with Gasteiger partial charge in [0.15, 0.2) is 11.4 Å². The Morgan fingerprint density at radius 3 is 3.05 bits per heavy atom. The third-order valence-corrected chi connectivity index (χ3v) is 3.97. The highest BCUT2D eigenvalue weighted by Crippen LogP contribution is 2.31. The molecule has 0 saturated heterocycles.